The van der Waals surface area contributed by atoms with E-state index >= 15 is 0 Å². The number of para-hydroxylation sites is 2. The lowest BCUT2D eigenvalue weighted by molar-refractivity contribution is -0.123. The number of carbonyl (C=O) groups excluding carboxylic acids is 2. The summed E-state index contributed by atoms with van der Waals surface area (Å²) in [5.41, 5.74) is 4.79. The Kier molecular flexibility index (Phi) is 5.90. The molecule has 2 aromatic heterocycles. The molecule has 2 amide bonds. The van der Waals surface area contributed by atoms with Crippen LogP contribution in [0.2, 0.25) is 0 Å². The van der Waals surface area contributed by atoms with Crippen LogP contribution < -0.4 is 15.0 Å². The smallest absolute Gasteiger partial charge is 0.265 e. The third-order valence-electron chi connectivity index (χ3n) is 6.12. The second kappa shape index (κ2) is 8.99. The molecule has 2 aliphatic rings. The lowest BCUT2D eigenvalue weighted by Gasteiger charge is -2.28. The van der Waals surface area contributed by atoms with E-state index in [4.69, 9.17) is 9.47 Å². The predicted octanol–water partition coefficient (Wildman–Crippen LogP) is 3.77. The lowest BCUT2D eigenvalue weighted by atomic mass is 10.2. The second-order valence-corrected chi connectivity index (χ2v) is 9.21. The molecule has 1 unspecified atom stereocenters. The third-order valence-corrected chi connectivity index (χ3v) is 6.88. The highest BCUT2D eigenvalue weighted by Crippen LogP contribution is 2.32. The van der Waals surface area contributed by atoms with Gasteiger partial charge in [0.25, 0.3) is 5.91 Å². The van der Waals surface area contributed by atoms with E-state index in [0.29, 0.717) is 16.6 Å². The molecular weight excluding hydrogens is 440 g/mol. The van der Waals surface area contributed by atoms with E-state index in [1.165, 1.54) is 21.9 Å². The van der Waals surface area contributed by atoms with E-state index in [1.54, 1.807) is 12.1 Å². The molecule has 1 fully saturated rings. The fourth-order valence-corrected chi connectivity index (χ4v) is 5.14. The van der Waals surface area contributed by atoms with Gasteiger partial charge in [-0.05, 0) is 44.9 Å². The van der Waals surface area contributed by atoms with Gasteiger partial charge in [0.15, 0.2) is 11.7 Å². The number of nitrogens with zero attached hydrogens (tertiary/aromatic N) is 3. The Morgan fingerprint density at radius 1 is 1.30 bits per heavy atom. The maximum atomic E-state index is 12.7. The highest BCUT2D eigenvalue weighted by atomic mass is 32.1. The van der Waals surface area contributed by atoms with Crippen molar-refractivity contribution >= 4 is 34.0 Å². The van der Waals surface area contributed by atoms with Crippen molar-refractivity contribution in [2.75, 3.05) is 30.0 Å². The standard InChI is InChI=1S/C24H26N4O4S/c1-15-10-18(16(2)27(15)11-17-6-5-9-31-17)19-14-33-24(25-19)26-22(29)12-28-20-7-3-4-8-21(20)32-13-23(28)30/h3-4,7-8,10,14,17H,5-6,9,11-13H2,1-2H3,(H,25,26,29). The van der Waals surface area contributed by atoms with Crippen molar-refractivity contribution in [2.24, 2.45) is 0 Å². The molecule has 1 saturated heterocycles. The van der Waals surface area contributed by atoms with Gasteiger partial charge >= 0.3 is 0 Å². The molecule has 8 nitrogen and oxygen atoms in total. The van der Waals surface area contributed by atoms with Crippen molar-refractivity contribution in [1.82, 2.24) is 9.55 Å². The summed E-state index contributed by atoms with van der Waals surface area (Å²) in [6.07, 6.45) is 2.48. The number of carbonyl (C=O) groups is 2. The Balaban J connectivity index is 1.28. The number of amides is 2. The van der Waals surface area contributed by atoms with Crippen LogP contribution in [0, 0.1) is 13.8 Å². The van der Waals surface area contributed by atoms with Crippen LogP contribution in [0.5, 0.6) is 5.75 Å². The van der Waals surface area contributed by atoms with E-state index in [2.05, 4.69) is 34.8 Å². The van der Waals surface area contributed by atoms with Gasteiger partial charge in [-0.25, -0.2) is 4.98 Å². The number of hydrogen-bond donors (Lipinski definition) is 1. The molecular formula is C24H26N4O4S. The fraction of sp³-hybridized carbons (Fsp3) is 0.375. The highest BCUT2D eigenvalue weighted by Gasteiger charge is 2.27. The van der Waals surface area contributed by atoms with Crippen LogP contribution in [0.15, 0.2) is 35.7 Å². The normalized spacial score (nSPS) is 17.7. The van der Waals surface area contributed by atoms with E-state index in [-0.39, 0.29) is 31.1 Å². The Labute approximate surface area is 196 Å². The number of aromatic nitrogens is 2. The van der Waals surface area contributed by atoms with Crippen LogP contribution in [0.3, 0.4) is 0 Å². The third kappa shape index (κ3) is 4.38. The van der Waals surface area contributed by atoms with Gasteiger partial charge in [-0.3, -0.25) is 14.5 Å². The van der Waals surface area contributed by atoms with Gasteiger partial charge in [-0.15, -0.1) is 11.3 Å². The minimum absolute atomic E-state index is 0.0762. The lowest BCUT2D eigenvalue weighted by Crippen LogP contribution is -2.43. The van der Waals surface area contributed by atoms with Crippen LogP contribution in [-0.4, -0.2) is 47.2 Å². The van der Waals surface area contributed by atoms with Crippen molar-refractivity contribution < 1.29 is 19.1 Å². The Bertz CT molecular complexity index is 1200. The molecule has 9 heteroatoms. The molecule has 3 aromatic rings. The van der Waals surface area contributed by atoms with Crippen LogP contribution in [-0.2, 0) is 20.9 Å². The molecule has 5 rings (SSSR count). The number of thiazole rings is 1. The molecule has 1 atom stereocenters. The summed E-state index contributed by atoms with van der Waals surface area (Å²) >= 11 is 1.37. The fourth-order valence-electron chi connectivity index (χ4n) is 4.42. The van der Waals surface area contributed by atoms with Gasteiger partial charge in [0.05, 0.1) is 17.5 Å². The SMILES string of the molecule is Cc1cc(-c2csc(NC(=O)CN3C(=O)COc4ccccc43)n2)c(C)n1CC1CCCO1. The zero-order valence-electron chi connectivity index (χ0n) is 18.7. The molecule has 0 spiro atoms. The first-order valence-corrected chi connectivity index (χ1v) is 11.9. The van der Waals surface area contributed by atoms with E-state index in [9.17, 15) is 9.59 Å². The number of hydrogen-bond acceptors (Lipinski definition) is 6. The van der Waals surface area contributed by atoms with Gasteiger partial charge in [-0.2, -0.15) is 0 Å². The maximum Gasteiger partial charge on any atom is 0.265 e. The van der Waals surface area contributed by atoms with E-state index in [0.717, 1.165) is 42.9 Å². The molecule has 0 saturated carbocycles. The summed E-state index contributed by atoms with van der Waals surface area (Å²) < 4.78 is 13.5. The molecule has 172 valence electrons. The average Bonchev–Trinajstić information content (AvgIpc) is 3.54. The van der Waals surface area contributed by atoms with Gasteiger partial charge in [-0.1, -0.05) is 12.1 Å². The largest absolute Gasteiger partial charge is 0.482 e. The number of rotatable bonds is 6. The summed E-state index contributed by atoms with van der Waals surface area (Å²) in [6.45, 7) is 5.71. The quantitative estimate of drug-likeness (QED) is 0.598. The van der Waals surface area contributed by atoms with Crippen molar-refractivity contribution in [3.63, 3.8) is 0 Å². The molecule has 1 N–H and O–H groups in total. The highest BCUT2D eigenvalue weighted by molar-refractivity contribution is 7.14. The summed E-state index contributed by atoms with van der Waals surface area (Å²) in [6, 6.07) is 9.34. The van der Waals surface area contributed by atoms with Gasteiger partial charge in [0, 0.05) is 35.5 Å². The van der Waals surface area contributed by atoms with Crippen LogP contribution in [0.25, 0.3) is 11.3 Å². The molecule has 0 bridgehead atoms. The molecule has 2 aliphatic heterocycles. The van der Waals surface area contributed by atoms with Gasteiger partial charge in [0.2, 0.25) is 5.91 Å². The molecule has 1 aromatic carbocycles. The van der Waals surface area contributed by atoms with Crippen LogP contribution in [0.1, 0.15) is 24.2 Å². The topological polar surface area (TPSA) is 85.7 Å². The number of fused-ring (bicyclic) bond motifs is 1. The van der Waals surface area contributed by atoms with E-state index < -0.39 is 0 Å². The Morgan fingerprint density at radius 3 is 2.97 bits per heavy atom. The first-order valence-electron chi connectivity index (χ1n) is 11.1. The van der Waals surface area contributed by atoms with Crippen LogP contribution in [0.4, 0.5) is 10.8 Å². The number of ether oxygens (including phenoxy) is 2. The second-order valence-electron chi connectivity index (χ2n) is 8.35. The zero-order valence-corrected chi connectivity index (χ0v) is 19.5. The van der Waals surface area contributed by atoms with Crippen molar-refractivity contribution in [3.8, 4) is 17.0 Å². The van der Waals surface area contributed by atoms with Crippen LogP contribution >= 0.6 is 11.3 Å². The number of nitrogens with one attached hydrogen (secondary N) is 1. The average molecular weight is 467 g/mol. The maximum absolute atomic E-state index is 12.7. The minimum Gasteiger partial charge on any atom is -0.482 e. The molecule has 0 aliphatic carbocycles. The zero-order chi connectivity index (χ0) is 22.9. The first-order chi connectivity index (χ1) is 16.0. The monoisotopic (exact) mass is 466 g/mol. The van der Waals surface area contributed by atoms with Crippen molar-refractivity contribution in [1.29, 1.82) is 0 Å². The van der Waals surface area contributed by atoms with Crippen molar-refractivity contribution in [2.45, 2.75) is 39.3 Å². The molecule has 0 radical (unpaired) electrons. The summed E-state index contributed by atoms with van der Waals surface area (Å²) in [5.74, 6) is 0.0481. The summed E-state index contributed by atoms with van der Waals surface area (Å²) in [5, 5.41) is 5.29. The predicted molar refractivity (Wildman–Crippen MR) is 127 cm³/mol. The first kappa shape index (κ1) is 21.7. The number of aryl methyl sites for hydroxylation is 1. The summed E-state index contributed by atoms with van der Waals surface area (Å²) in [4.78, 5) is 31.1. The molecule has 4 heterocycles. The number of benzene rings is 1. The Morgan fingerprint density at radius 2 is 2.15 bits per heavy atom. The Hall–Kier alpha value is -3.17. The number of anilines is 2. The summed E-state index contributed by atoms with van der Waals surface area (Å²) in [7, 11) is 0. The van der Waals surface area contributed by atoms with Crippen molar-refractivity contribution in [3.05, 3.63) is 47.1 Å². The van der Waals surface area contributed by atoms with E-state index in [1.807, 2.05) is 17.5 Å². The minimum atomic E-state index is -0.301. The molecule has 33 heavy (non-hydrogen) atoms. The van der Waals surface area contributed by atoms with Gasteiger partial charge in [0.1, 0.15) is 12.3 Å². The van der Waals surface area contributed by atoms with Gasteiger partial charge < -0.3 is 19.4 Å².